The Kier molecular flexibility index (Phi) is 3.95. The Morgan fingerprint density at radius 3 is 2.24 bits per heavy atom. The van der Waals surface area contributed by atoms with Crippen LogP contribution in [0.4, 0.5) is 0 Å². The Hall–Kier alpha value is -1.78. The molecular weight excluding hydrogens is 364 g/mol. The number of aryl methyl sites for hydroxylation is 1. The van der Waals surface area contributed by atoms with Crippen molar-refractivity contribution in [2.24, 2.45) is 23.2 Å². The average Bonchev–Trinajstić information content (AvgIpc) is 3.40. The van der Waals surface area contributed by atoms with Gasteiger partial charge < -0.3 is 14.2 Å². The molecule has 0 atom stereocenters. The number of nitrogens with zero attached hydrogens (tertiary/aromatic N) is 2. The Balaban J connectivity index is 1.05. The molecule has 5 heteroatoms. The van der Waals surface area contributed by atoms with E-state index in [0.29, 0.717) is 36.2 Å². The summed E-state index contributed by atoms with van der Waals surface area (Å²) in [4.78, 5) is 27.3. The van der Waals surface area contributed by atoms with E-state index in [9.17, 15) is 9.59 Å². The highest BCUT2D eigenvalue weighted by atomic mass is 16.5. The molecule has 2 heterocycles. The predicted molar refractivity (Wildman–Crippen MR) is 110 cm³/mol. The fourth-order valence-electron chi connectivity index (χ4n) is 7.40. The number of pyridine rings is 1. The number of hydrogen-bond acceptors (Lipinski definition) is 3. The molecule has 4 bridgehead atoms. The first-order valence-electron chi connectivity index (χ1n) is 11.6. The predicted octanol–water partition coefficient (Wildman–Crippen LogP) is 3.69. The number of aromatic nitrogens is 1. The van der Waals surface area contributed by atoms with Crippen LogP contribution in [-0.2, 0) is 4.79 Å². The quantitative estimate of drug-likeness (QED) is 0.763. The number of likely N-dealkylation sites (tertiary alicyclic amines) is 1. The van der Waals surface area contributed by atoms with Crippen LogP contribution in [0.1, 0.15) is 69.5 Å². The van der Waals surface area contributed by atoms with E-state index in [1.54, 1.807) is 6.07 Å². The molecular formula is C24H32N2O3. The van der Waals surface area contributed by atoms with E-state index in [2.05, 4.69) is 0 Å². The minimum atomic E-state index is 0.0193. The van der Waals surface area contributed by atoms with Crippen molar-refractivity contribution in [3.63, 3.8) is 0 Å². The van der Waals surface area contributed by atoms with Crippen LogP contribution in [0.3, 0.4) is 0 Å². The van der Waals surface area contributed by atoms with Gasteiger partial charge in [-0.1, -0.05) is 0 Å². The molecule has 1 aromatic rings. The van der Waals surface area contributed by atoms with Crippen LogP contribution in [-0.4, -0.2) is 34.6 Å². The summed E-state index contributed by atoms with van der Waals surface area (Å²) in [6.45, 7) is 3.31. The molecule has 156 valence electrons. The van der Waals surface area contributed by atoms with E-state index in [1.165, 1.54) is 38.5 Å². The molecule has 7 rings (SSSR count). The molecule has 1 saturated heterocycles. The maximum absolute atomic E-state index is 13.0. The van der Waals surface area contributed by atoms with Gasteiger partial charge in [-0.3, -0.25) is 9.59 Å². The van der Waals surface area contributed by atoms with E-state index < -0.39 is 0 Å². The van der Waals surface area contributed by atoms with Gasteiger partial charge in [0, 0.05) is 24.2 Å². The average molecular weight is 397 g/mol. The third kappa shape index (κ3) is 3.21. The lowest BCUT2D eigenvalue weighted by molar-refractivity contribution is -0.148. The van der Waals surface area contributed by atoms with E-state index in [4.69, 9.17) is 4.74 Å². The van der Waals surface area contributed by atoms with Crippen molar-refractivity contribution < 1.29 is 9.53 Å². The fourth-order valence-corrected chi connectivity index (χ4v) is 7.40. The van der Waals surface area contributed by atoms with Crippen molar-refractivity contribution >= 4 is 5.91 Å². The maximum atomic E-state index is 13.0. The highest BCUT2D eigenvalue weighted by Gasteiger charge is 2.52. The monoisotopic (exact) mass is 396 g/mol. The van der Waals surface area contributed by atoms with Crippen molar-refractivity contribution in [3.05, 3.63) is 28.2 Å². The molecule has 0 spiro atoms. The van der Waals surface area contributed by atoms with E-state index in [0.717, 1.165) is 42.7 Å². The summed E-state index contributed by atoms with van der Waals surface area (Å²) >= 11 is 0. The summed E-state index contributed by atoms with van der Waals surface area (Å²) < 4.78 is 7.92. The van der Waals surface area contributed by atoms with Gasteiger partial charge in [0.05, 0.1) is 13.1 Å². The van der Waals surface area contributed by atoms with Crippen LogP contribution in [0.2, 0.25) is 0 Å². The highest BCUT2D eigenvalue weighted by Crippen LogP contribution is 2.61. The second-order valence-corrected chi connectivity index (χ2v) is 10.9. The van der Waals surface area contributed by atoms with E-state index in [-0.39, 0.29) is 11.7 Å². The smallest absolute Gasteiger partial charge is 0.254 e. The minimum absolute atomic E-state index is 0.0193. The van der Waals surface area contributed by atoms with E-state index >= 15 is 0 Å². The first-order chi connectivity index (χ1) is 14.0. The van der Waals surface area contributed by atoms with Crippen LogP contribution in [0.5, 0.6) is 5.75 Å². The Morgan fingerprint density at radius 1 is 1.07 bits per heavy atom. The molecule has 5 aliphatic carbocycles. The Morgan fingerprint density at radius 2 is 1.69 bits per heavy atom. The van der Waals surface area contributed by atoms with Crippen molar-refractivity contribution in [2.75, 3.05) is 13.1 Å². The molecule has 5 nitrogen and oxygen atoms in total. The van der Waals surface area contributed by atoms with Crippen molar-refractivity contribution in [3.8, 4) is 5.75 Å². The summed E-state index contributed by atoms with van der Waals surface area (Å²) in [5.41, 5.74) is 1.32. The van der Waals surface area contributed by atoms with Gasteiger partial charge in [0.1, 0.15) is 11.9 Å². The zero-order chi connectivity index (χ0) is 19.8. The number of carbonyl (C=O) groups excluding carboxylic acids is 1. The highest BCUT2D eigenvalue weighted by molar-refractivity contribution is 5.78. The summed E-state index contributed by atoms with van der Waals surface area (Å²) in [6.07, 6.45) is 11.1. The molecule has 0 aromatic carbocycles. The molecule has 1 aliphatic heterocycles. The summed E-state index contributed by atoms with van der Waals surface area (Å²) in [7, 11) is 0. The van der Waals surface area contributed by atoms with Crippen LogP contribution in [0.25, 0.3) is 0 Å². The van der Waals surface area contributed by atoms with Crippen molar-refractivity contribution in [1.82, 2.24) is 9.47 Å². The van der Waals surface area contributed by atoms with Crippen LogP contribution >= 0.6 is 0 Å². The molecule has 1 aromatic heterocycles. The topological polar surface area (TPSA) is 51.5 Å². The van der Waals surface area contributed by atoms with Crippen LogP contribution in [0.15, 0.2) is 16.9 Å². The number of amides is 1. The minimum Gasteiger partial charge on any atom is -0.486 e. The zero-order valence-corrected chi connectivity index (χ0v) is 17.4. The molecule has 0 N–H and O–H groups in total. The van der Waals surface area contributed by atoms with Gasteiger partial charge in [-0.15, -0.1) is 0 Å². The van der Waals surface area contributed by atoms with Gasteiger partial charge in [0.15, 0.2) is 0 Å². The largest absolute Gasteiger partial charge is 0.486 e. The molecule has 1 amide bonds. The molecule has 0 radical (unpaired) electrons. The lowest BCUT2D eigenvalue weighted by Gasteiger charge is -2.57. The first-order valence-corrected chi connectivity index (χ1v) is 11.6. The molecule has 6 fully saturated rings. The van der Waals surface area contributed by atoms with Gasteiger partial charge in [-0.25, -0.2) is 0 Å². The number of hydrogen-bond donors (Lipinski definition) is 0. The van der Waals surface area contributed by atoms with Crippen molar-refractivity contribution in [1.29, 1.82) is 0 Å². The maximum Gasteiger partial charge on any atom is 0.254 e. The number of carbonyl (C=O) groups is 1. The van der Waals surface area contributed by atoms with Crippen LogP contribution in [0, 0.1) is 30.1 Å². The Bertz CT molecular complexity index is 859. The summed E-state index contributed by atoms with van der Waals surface area (Å²) in [5.74, 6) is 3.65. The Labute approximate surface area is 172 Å². The SMILES string of the molecule is Cc1cc(OC2CN(C(=O)CC34CC5CC(CC(C5)C3)C4)C2)cc(=O)n1C1CC1. The lowest BCUT2D eigenvalue weighted by Crippen LogP contribution is -2.58. The zero-order valence-electron chi connectivity index (χ0n) is 17.4. The fraction of sp³-hybridized carbons (Fsp3) is 0.750. The third-order valence-corrected chi connectivity index (χ3v) is 8.34. The molecule has 0 unspecified atom stereocenters. The molecule has 5 saturated carbocycles. The standard InChI is InChI=1S/C24H32N2O3/c1-15-4-20(8-22(27)26(15)19-2-3-19)29-21-13-25(14-21)23(28)12-24-9-16-5-17(10-24)7-18(6-16)11-24/h4,8,16-19,21H,2-3,5-7,9-14H2,1H3. The van der Waals surface area contributed by atoms with Gasteiger partial charge in [-0.2, -0.15) is 0 Å². The first kappa shape index (κ1) is 18.0. The van der Waals surface area contributed by atoms with Crippen molar-refractivity contribution in [2.45, 2.75) is 76.9 Å². The molecule has 29 heavy (non-hydrogen) atoms. The van der Waals surface area contributed by atoms with Gasteiger partial charge in [0.2, 0.25) is 5.91 Å². The third-order valence-electron chi connectivity index (χ3n) is 8.34. The van der Waals surface area contributed by atoms with E-state index in [1.807, 2.05) is 22.5 Å². The lowest BCUT2D eigenvalue weighted by atomic mass is 9.49. The normalized spacial score (nSPS) is 35.6. The second-order valence-electron chi connectivity index (χ2n) is 10.9. The van der Waals surface area contributed by atoms with Gasteiger partial charge >= 0.3 is 0 Å². The second kappa shape index (κ2) is 6.36. The van der Waals surface area contributed by atoms with Gasteiger partial charge in [-0.05, 0) is 87.5 Å². The molecule has 6 aliphatic rings. The van der Waals surface area contributed by atoms with Gasteiger partial charge in [0.25, 0.3) is 5.56 Å². The van der Waals surface area contributed by atoms with Crippen LogP contribution < -0.4 is 10.3 Å². The summed E-state index contributed by atoms with van der Waals surface area (Å²) in [5, 5.41) is 0. The summed E-state index contributed by atoms with van der Waals surface area (Å²) in [6, 6.07) is 3.98. The number of rotatable bonds is 5. The number of ether oxygens (including phenoxy) is 1.